The predicted octanol–water partition coefficient (Wildman–Crippen LogP) is 1.84. The van der Waals surface area contributed by atoms with Crippen molar-refractivity contribution < 1.29 is 17.6 Å². The van der Waals surface area contributed by atoms with E-state index in [1.165, 1.54) is 24.4 Å². The molecule has 0 atom stereocenters. The summed E-state index contributed by atoms with van der Waals surface area (Å²) in [5.74, 6) is -0.500. The van der Waals surface area contributed by atoms with Crippen LogP contribution in [0, 0.1) is 19.7 Å². The van der Waals surface area contributed by atoms with Gasteiger partial charge in [-0.15, -0.1) is 0 Å². The van der Waals surface area contributed by atoms with Gasteiger partial charge in [-0.3, -0.25) is 4.79 Å². The lowest BCUT2D eigenvalue weighted by atomic mass is 10.1. The second kappa shape index (κ2) is 7.39. The summed E-state index contributed by atoms with van der Waals surface area (Å²) in [5.41, 5.74) is 2.53. The Bertz CT molecular complexity index is 1530. The van der Waals surface area contributed by atoms with E-state index in [1.54, 1.807) is 25.1 Å². The van der Waals surface area contributed by atoms with E-state index in [0.717, 1.165) is 18.4 Å². The number of aromatic nitrogens is 1. The molecular formula is C23H20FN4O3S. The van der Waals surface area contributed by atoms with Crippen LogP contribution in [0.3, 0.4) is 0 Å². The molecule has 0 bridgehead atoms. The molecule has 163 valence electrons. The summed E-state index contributed by atoms with van der Waals surface area (Å²) in [7, 11) is -3.66. The number of hydrogen-bond donors (Lipinski definition) is 2. The number of halogens is 1. The van der Waals surface area contributed by atoms with Gasteiger partial charge in [0.25, 0.3) is 5.91 Å². The number of benzene rings is 2. The Morgan fingerprint density at radius 2 is 1.84 bits per heavy atom. The minimum atomic E-state index is -3.66. The first-order chi connectivity index (χ1) is 15.2. The average molecular weight is 452 g/mol. The zero-order valence-corrected chi connectivity index (χ0v) is 18.3. The molecule has 1 aliphatic carbocycles. The Labute approximate surface area is 184 Å². The first-order valence-corrected chi connectivity index (χ1v) is 11.7. The van der Waals surface area contributed by atoms with Gasteiger partial charge in [0.05, 0.1) is 10.4 Å². The lowest BCUT2D eigenvalue weighted by molar-refractivity contribution is -0.114. The normalized spacial score (nSPS) is 15.5. The number of anilines is 2. The number of sulfonamides is 1. The highest BCUT2D eigenvalue weighted by Gasteiger charge is 2.29. The molecule has 1 fully saturated rings. The number of hydrogen-bond acceptors (Lipinski definition) is 5. The molecule has 2 aromatic carbocycles. The Hall–Kier alpha value is -3.30. The number of fused-ring (bicyclic) bond motifs is 3. The summed E-state index contributed by atoms with van der Waals surface area (Å²) in [6.07, 6.45) is 4.43. The largest absolute Gasteiger partial charge is 0.339 e. The average Bonchev–Trinajstić information content (AvgIpc) is 3.53. The lowest BCUT2D eigenvalue weighted by Crippen LogP contribution is -2.36. The number of carbonyl (C=O) groups excluding carboxylic acids is 1. The minimum absolute atomic E-state index is 0.00780. The van der Waals surface area contributed by atoms with Crippen molar-refractivity contribution in [3.8, 4) is 0 Å². The first-order valence-electron chi connectivity index (χ1n) is 10.2. The van der Waals surface area contributed by atoms with E-state index in [-0.39, 0.29) is 10.9 Å². The molecule has 0 unspecified atom stereocenters. The highest BCUT2D eigenvalue weighted by molar-refractivity contribution is 7.89. The number of rotatable bonds is 5. The van der Waals surface area contributed by atoms with Gasteiger partial charge in [0.15, 0.2) is 0 Å². The third-order valence-corrected chi connectivity index (χ3v) is 7.24. The van der Waals surface area contributed by atoms with Crippen LogP contribution in [0.4, 0.5) is 15.9 Å². The van der Waals surface area contributed by atoms with Crippen molar-refractivity contribution in [2.45, 2.75) is 37.6 Å². The van der Waals surface area contributed by atoms with Crippen LogP contribution in [0.5, 0.6) is 0 Å². The van der Waals surface area contributed by atoms with E-state index in [1.807, 2.05) is 6.92 Å². The molecule has 3 aromatic rings. The molecule has 7 nitrogen and oxygen atoms in total. The van der Waals surface area contributed by atoms with E-state index in [2.05, 4.69) is 20.3 Å². The molecular weight excluding hydrogens is 431 g/mol. The van der Waals surface area contributed by atoms with Gasteiger partial charge in [-0.05, 0) is 62.1 Å². The lowest BCUT2D eigenvalue weighted by Gasteiger charge is -2.16. The fourth-order valence-electron chi connectivity index (χ4n) is 3.81. The molecule has 2 heterocycles. The summed E-state index contributed by atoms with van der Waals surface area (Å²) < 4.78 is 42.2. The molecule has 0 spiro atoms. The molecule has 2 N–H and O–H groups in total. The summed E-state index contributed by atoms with van der Waals surface area (Å²) >= 11 is 0. The van der Waals surface area contributed by atoms with Crippen LogP contribution in [0.2, 0.25) is 0 Å². The minimum Gasteiger partial charge on any atom is -0.339 e. The first kappa shape index (κ1) is 20.6. The van der Waals surface area contributed by atoms with E-state index in [4.69, 9.17) is 0 Å². The molecule has 1 amide bonds. The summed E-state index contributed by atoms with van der Waals surface area (Å²) in [6, 6.07) is 7.58. The van der Waals surface area contributed by atoms with Gasteiger partial charge in [0.1, 0.15) is 11.6 Å². The quantitative estimate of drug-likeness (QED) is 0.616. The van der Waals surface area contributed by atoms with E-state index >= 15 is 0 Å². The van der Waals surface area contributed by atoms with E-state index in [9.17, 15) is 17.6 Å². The van der Waals surface area contributed by atoms with Crippen LogP contribution in [-0.2, 0) is 14.8 Å². The highest BCUT2D eigenvalue weighted by atomic mass is 32.2. The van der Waals surface area contributed by atoms with Crippen LogP contribution in [0.15, 0.2) is 35.2 Å². The van der Waals surface area contributed by atoms with Crippen molar-refractivity contribution in [3.63, 3.8) is 0 Å². The fourth-order valence-corrected chi connectivity index (χ4v) is 5.37. The van der Waals surface area contributed by atoms with Crippen molar-refractivity contribution in [1.29, 1.82) is 0 Å². The summed E-state index contributed by atoms with van der Waals surface area (Å²) in [6.45, 7) is 3.62. The van der Waals surface area contributed by atoms with Crippen molar-refractivity contribution in [1.82, 2.24) is 15.0 Å². The summed E-state index contributed by atoms with van der Waals surface area (Å²) in [4.78, 5) is 16.7. The number of nitrogens with one attached hydrogen (secondary N) is 2. The number of nitrogens with zero attached hydrogens (tertiary/aromatic N) is 2. The zero-order valence-electron chi connectivity index (χ0n) is 17.4. The molecule has 1 saturated carbocycles. The zero-order chi connectivity index (χ0) is 22.6. The standard InChI is InChI=1S/C23H20FN4O3S/c1-12-7-13(2)21(32(30,31)28-15-4-5-15)10-20(12)27-23-17-9-22(29)25-11-18(17)16-8-14(24)3-6-19(16)26-23/h3,6-11,15,28H,4-5H2,1-2H3,(H,26,27). The van der Waals surface area contributed by atoms with Gasteiger partial charge in [-0.1, -0.05) is 6.07 Å². The molecule has 1 radical (unpaired) electrons. The van der Waals surface area contributed by atoms with Gasteiger partial charge in [-0.25, -0.2) is 27.8 Å². The molecule has 5 rings (SSSR count). The van der Waals surface area contributed by atoms with Crippen LogP contribution < -0.4 is 25.8 Å². The molecule has 1 aliphatic heterocycles. The maximum atomic E-state index is 13.8. The number of amides is 1. The highest BCUT2D eigenvalue weighted by Crippen LogP contribution is 2.28. The van der Waals surface area contributed by atoms with Crippen LogP contribution in [-0.4, -0.2) is 25.4 Å². The monoisotopic (exact) mass is 451 g/mol. The van der Waals surface area contributed by atoms with Crippen LogP contribution in [0.1, 0.15) is 24.0 Å². The van der Waals surface area contributed by atoms with Gasteiger partial charge in [0, 0.05) is 39.8 Å². The molecule has 2 aliphatic rings. The van der Waals surface area contributed by atoms with Gasteiger partial charge in [0.2, 0.25) is 10.0 Å². The number of pyridine rings is 1. The maximum absolute atomic E-state index is 13.8. The molecule has 9 heteroatoms. The van der Waals surface area contributed by atoms with E-state index in [0.29, 0.717) is 38.4 Å². The fraction of sp³-hybridized carbons (Fsp3) is 0.217. The predicted molar refractivity (Wildman–Crippen MR) is 120 cm³/mol. The summed E-state index contributed by atoms with van der Waals surface area (Å²) in [5, 5.41) is 8.60. The topological polar surface area (TPSA) is 102 Å². The van der Waals surface area contributed by atoms with Gasteiger partial charge < -0.3 is 5.32 Å². The third kappa shape index (κ3) is 3.74. The number of aryl methyl sites for hydroxylation is 2. The van der Waals surface area contributed by atoms with E-state index < -0.39 is 21.7 Å². The molecule has 32 heavy (non-hydrogen) atoms. The Morgan fingerprint density at radius 3 is 2.59 bits per heavy atom. The van der Waals surface area contributed by atoms with Crippen LogP contribution >= 0.6 is 0 Å². The van der Waals surface area contributed by atoms with Gasteiger partial charge in [-0.2, -0.15) is 0 Å². The second-order valence-corrected chi connectivity index (χ2v) is 9.83. The Morgan fingerprint density at radius 1 is 1.06 bits per heavy atom. The van der Waals surface area contributed by atoms with Crippen molar-refractivity contribution in [3.05, 3.63) is 57.7 Å². The second-order valence-electron chi connectivity index (χ2n) is 8.14. The van der Waals surface area contributed by atoms with Crippen molar-refractivity contribution >= 4 is 50.6 Å². The SMILES string of the molecule is Cc1cc(C)c(S(=O)(=O)NC2CC2)cc1Nc1nc2ccc(F)cc2c2c1=CC(=O)[N]C=2. The number of carbonyl (C=O) groups is 1. The van der Waals surface area contributed by atoms with Gasteiger partial charge >= 0.3 is 0 Å². The third-order valence-electron chi connectivity index (χ3n) is 5.58. The maximum Gasteiger partial charge on any atom is 0.270 e. The molecule has 0 saturated heterocycles. The molecule has 1 aromatic heterocycles. The van der Waals surface area contributed by atoms with Crippen LogP contribution in [0.25, 0.3) is 23.2 Å². The smallest absolute Gasteiger partial charge is 0.270 e. The Kier molecular flexibility index (Phi) is 4.75. The van der Waals surface area contributed by atoms with Crippen molar-refractivity contribution in [2.24, 2.45) is 0 Å². The Balaban J connectivity index is 1.66. The van der Waals surface area contributed by atoms with Crippen molar-refractivity contribution in [2.75, 3.05) is 5.32 Å².